The molecule has 130 valence electrons. The molecule has 25 heavy (non-hydrogen) atoms. The van der Waals surface area contributed by atoms with E-state index in [9.17, 15) is 9.59 Å². The van der Waals surface area contributed by atoms with E-state index in [1.165, 1.54) is 0 Å². The fraction of sp³-hybridized carbons (Fsp3) is 0.333. The van der Waals surface area contributed by atoms with Crippen LogP contribution in [0.25, 0.3) is 0 Å². The van der Waals surface area contributed by atoms with Gasteiger partial charge in [-0.3, -0.25) is 9.59 Å². The van der Waals surface area contributed by atoms with Crippen molar-refractivity contribution in [1.29, 1.82) is 0 Å². The molecule has 0 bridgehead atoms. The summed E-state index contributed by atoms with van der Waals surface area (Å²) >= 11 is 0. The number of hydrogen-bond donors (Lipinski definition) is 2. The lowest BCUT2D eigenvalue weighted by atomic mass is 10.1. The van der Waals surface area contributed by atoms with E-state index in [0.29, 0.717) is 13.0 Å². The zero-order valence-corrected chi connectivity index (χ0v) is 14.9. The average molecular weight is 336 g/mol. The predicted octanol–water partition coefficient (Wildman–Crippen LogP) is 3.50. The van der Waals surface area contributed by atoms with Gasteiger partial charge < -0.3 is 10.6 Å². The minimum atomic E-state index is -0.226. The first kappa shape index (κ1) is 17.2. The molecule has 3 rings (SSSR count). The van der Waals surface area contributed by atoms with Crippen LogP contribution in [-0.4, -0.2) is 11.8 Å². The van der Waals surface area contributed by atoms with Gasteiger partial charge in [-0.2, -0.15) is 0 Å². The highest BCUT2D eigenvalue weighted by atomic mass is 16.2. The lowest BCUT2D eigenvalue weighted by Crippen LogP contribution is -2.27. The molecule has 2 N–H and O–H groups in total. The van der Waals surface area contributed by atoms with Crippen LogP contribution in [0.3, 0.4) is 0 Å². The second-order valence-corrected chi connectivity index (χ2v) is 6.85. The van der Waals surface area contributed by atoms with Crippen molar-refractivity contribution in [3.8, 4) is 0 Å². The Balaban J connectivity index is 1.54. The summed E-state index contributed by atoms with van der Waals surface area (Å²) in [4.78, 5) is 24.7. The number of benzene rings is 2. The van der Waals surface area contributed by atoms with Crippen molar-refractivity contribution < 1.29 is 9.59 Å². The Kier molecular flexibility index (Phi) is 4.88. The molecule has 1 aliphatic rings. The Morgan fingerprint density at radius 1 is 0.880 bits per heavy atom. The van der Waals surface area contributed by atoms with Gasteiger partial charge in [0.2, 0.25) is 11.8 Å². The number of anilines is 1. The van der Waals surface area contributed by atoms with Crippen LogP contribution in [0.2, 0.25) is 0 Å². The standard InChI is InChI=1S/C21H24N2O2/c1-13-7-4-5-10-16(13)12-22-20(24)17-11-18(17)21(25)23-19-14(2)8-6-9-15(19)3/h4-10,17-18H,11-12H2,1-3H3,(H,22,24)(H,23,25). The summed E-state index contributed by atoms with van der Waals surface area (Å²) in [6.07, 6.45) is 0.621. The minimum absolute atomic E-state index is 0.0371. The van der Waals surface area contributed by atoms with Crippen molar-refractivity contribution >= 4 is 17.5 Å². The second kappa shape index (κ2) is 7.09. The van der Waals surface area contributed by atoms with Gasteiger partial charge in [-0.05, 0) is 49.4 Å². The molecule has 1 fully saturated rings. The van der Waals surface area contributed by atoms with E-state index in [1.54, 1.807) is 0 Å². The van der Waals surface area contributed by atoms with E-state index < -0.39 is 0 Å². The van der Waals surface area contributed by atoms with Crippen LogP contribution >= 0.6 is 0 Å². The molecule has 0 spiro atoms. The molecule has 4 nitrogen and oxygen atoms in total. The van der Waals surface area contributed by atoms with Crippen LogP contribution in [0.1, 0.15) is 28.7 Å². The van der Waals surface area contributed by atoms with Crippen LogP contribution < -0.4 is 10.6 Å². The van der Waals surface area contributed by atoms with Crippen molar-refractivity contribution in [3.05, 3.63) is 64.7 Å². The minimum Gasteiger partial charge on any atom is -0.352 e. The first-order valence-electron chi connectivity index (χ1n) is 8.66. The van der Waals surface area contributed by atoms with Crippen molar-refractivity contribution in [1.82, 2.24) is 5.32 Å². The number of rotatable bonds is 5. The summed E-state index contributed by atoms with van der Waals surface area (Å²) in [6, 6.07) is 13.9. The molecule has 2 amide bonds. The summed E-state index contributed by atoms with van der Waals surface area (Å²) in [5.74, 6) is -0.539. The van der Waals surface area contributed by atoms with Gasteiger partial charge in [0.25, 0.3) is 0 Å². The molecule has 0 saturated heterocycles. The molecule has 0 heterocycles. The van der Waals surface area contributed by atoms with E-state index in [-0.39, 0.29) is 23.7 Å². The van der Waals surface area contributed by atoms with E-state index >= 15 is 0 Å². The fourth-order valence-electron chi connectivity index (χ4n) is 3.12. The van der Waals surface area contributed by atoms with Crippen molar-refractivity contribution in [2.45, 2.75) is 33.7 Å². The van der Waals surface area contributed by atoms with Gasteiger partial charge in [0.05, 0.1) is 11.8 Å². The molecule has 2 atom stereocenters. The zero-order chi connectivity index (χ0) is 18.0. The summed E-state index contributed by atoms with van der Waals surface area (Å²) in [7, 11) is 0. The van der Waals surface area contributed by atoms with Crippen LogP contribution in [0, 0.1) is 32.6 Å². The first-order valence-corrected chi connectivity index (χ1v) is 8.66. The Morgan fingerprint density at radius 2 is 1.48 bits per heavy atom. The highest BCUT2D eigenvalue weighted by Gasteiger charge is 2.48. The number of para-hydroxylation sites is 1. The maximum Gasteiger partial charge on any atom is 0.228 e. The predicted molar refractivity (Wildman–Crippen MR) is 99.2 cm³/mol. The molecular weight excluding hydrogens is 312 g/mol. The largest absolute Gasteiger partial charge is 0.352 e. The van der Waals surface area contributed by atoms with Crippen LogP contribution in [-0.2, 0) is 16.1 Å². The Labute approximate surface area is 148 Å². The monoisotopic (exact) mass is 336 g/mol. The highest BCUT2D eigenvalue weighted by molar-refractivity contribution is 6.00. The van der Waals surface area contributed by atoms with E-state index in [4.69, 9.17) is 0 Å². The van der Waals surface area contributed by atoms with Crippen molar-refractivity contribution in [2.75, 3.05) is 5.32 Å². The quantitative estimate of drug-likeness (QED) is 0.878. The Hall–Kier alpha value is -2.62. The highest BCUT2D eigenvalue weighted by Crippen LogP contribution is 2.40. The van der Waals surface area contributed by atoms with Gasteiger partial charge in [0.1, 0.15) is 0 Å². The molecule has 0 aromatic heterocycles. The van der Waals surface area contributed by atoms with Gasteiger partial charge in [-0.1, -0.05) is 42.5 Å². The molecule has 0 aliphatic heterocycles. The van der Waals surface area contributed by atoms with Crippen molar-refractivity contribution in [2.24, 2.45) is 11.8 Å². The van der Waals surface area contributed by atoms with Gasteiger partial charge >= 0.3 is 0 Å². The third-order valence-electron chi connectivity index (χ3n) is 4.91. The zero-order valence-electron chi connectivity index (χ0n) is 14.9. The number of carbonyl (C=O) groups is 2. The smallest absolute Gasteiger partial charge is 0.228 e. The maximum atomic E-state index is 12.4. The maximum absolute atomic E-state index is 12.4. The van der Waals surface area contributed by atoms with E-state index in [0.717, 1.165) is 27.9 Å². The van der Waals surface area contributed by atoms with Crippen molar-refractivity contribution in [3.63, 3.8) is 0 Å². The molecule has 4 heteroatoms. The second-order valence-electron chi connectivity index (χ2n) is 6.85. The third-order valence-corrected chi connectivity index (χ3v) is 4.91. The number of aryl methyl sites for hydroxylation is 3. The topological polar surface area (TPSA) is 58.2 Å². The van der Waals surface area contributed by atoms with E-state index in [1.807, 2.05) is 63.2 Å². The number of nitrogens with one attached hydrogen (secondary N) is 2. The first-order chi connectivity index (χ1) is 12.0. The molecule has 1 aliphatic carbocycles. The van der Waals surface area contributed by atoms with Crippen LogP contribution in [0.4, 0.5) is 5.69 Å². The Bertz CT molecular complexity index is 793. The lowest BCUT2D eigenvalue weighted by Gasteiger charge is -2.11. The Morgan fingerprint density at radius 3 is 2.16 bits per heavy atom. The number of hydrogen-bond acceptors (Lipinski definition) is 2. The molecule has 2 aromatic carbocycles. The average Bonchev–Trinajstić information content (AvgIpc) is 3.38. The van der Waals surface area contributed by atoms with Gasteiger partial charge in [-0.25, -0.2) is 0 Å². The van der Waals surface area contributed by atoms with Gasteiger partial charge in [0, 0.05) is 12.2 Å². The summed E-state index contributed by atoms with van der Waals surface area (Å²) in [5, 5.41) is 5.94. The molecular formula is C21H24N2O2. The summed E-state index contributed by atoms with van der Waals surface area (Å²) < 4.78 is 0. The van der Waals surface area contributed by atoms with Crippen LogP contribution in [0.5, 0.6) is 0 Å². The third kappa shape index (κ3) is 3.90. The summed E-state index contributed by atoms with van der Waals surface area (Å²) in [6.45, 7) is 6.48. The normalized spacial score (nSPS) is 18.5. The number of amides is 2. The SMILES string of the molecule is Cc1ccccc1CNC(=O)C1CC1C(=O)Nc1c(C)cccc1C. The van der Waals surface area contributed by atoms with Gasteiger partial charge in [0.15, 0.2) is 0 Å². The van der Waals surface area contributed by atoms with E-state index in [2.05, 4.69) is 10.6 Å². The molecule has 0 radical (unpaired) electrons. The summed E-state index contributed by atoms with van der Waals surface area (Å²) in [5.41, 5.74) is 5.19. The molecule has 2 aromatic rings. The number of carbonyl (C=O) groups excluding carboxylic acids is 2. The van der Waals surface area contributed by atoms with Crippen LogP contribution in [0.15, 0.2) is 42.5 Å². The lowest BCUT2D eigenvalue weighted by molar-refractivity contribution is -0.125. The molecule has 1 saturated carbocycles. The van der Waals surface area contributed by atoms with Gasteiger partial charge in [-0.15, -0.1) is 0 Å². The fourth-order valence-corrected chi connectivity index (χ4v) is 3.12. The molecule has 2 unspecified atom stereocenters.